The van der Waals surface area contributed by atoms with E-state index in [1.807, 2.05) is 50.0 Å². The Bertz CT molecular complexity index is 885. The molecule has 0 aliphatic heterocycles. The smallest absolute Gasteiger partial charge is 0.408 e. The third-order valence-corrected chi connectivity index (χ3v) is 8.47. The fraction of sp³-hybridized carbons (Fsp3) is 0.680. The van der Waals surface area contributed by atoms with Gasteiger partial charge in [-0.15, -0.1) is 0 Å². The zero-order chi connectivity index (χ0) is 27.9. The Morgan fingerprint density at radius 1 is 0.972 bits per heavy atom. The summed E-state index contributed by atoms with van der Waals surface area (Å²) in [6, 6.07) is 7.91. The van der Waals surface area contributed by atoms with Crippen molar-refractivity contribution >= 4 is 28.0 Å². The van der Waals surface area contributed by atoms with Crippen molar-refractivity contribution < 1.29 is 37.1 Å². The van der Waals surface area contributed by atoms with Gasteiger partial charge in [-0.05, 0) is 66.7 Å². The number of nitrogens with one attached hydrogen (secondary N) is 1. The van der Waals surface area contributed by atoms with Gasteiger partial charge in [-0.3, -0.25) is 4.57 Å². The molecule has 0 spiro atoms. The number of hydrogen-bond donors (Lipinski definition) is 1. The Labute approximate surface area is 217 Å². The molecule has 0 saturated heterocycles. The topological polar surface area (TPSA) is 109 Å². The Morgan fingerprint density at radius 3 is 1.89 bits per heavy atom. The molecule has 1 aromatic carbocycles. The van der Waals surface area contributed by atoms with E-state index in [0.717, 1.165) is 5.56 Å². The molecule has 0 bridgehead atoms. The van der Waals surface area contributed by atoms with Gasteiger partial charge in [0.2, 0.25) is 0 Å². The third-order valence-electron chi connectivity index (χ3n) is 4.50. The maximum absolute atomic E-state index is 14.4. The van der Waals surface area contributed by atoms with Gasteiger partial charge >= 0.3 is 19.7 Å². The summed E-state index contributed by atoms with van der Waals surface area (Å²) < 4.78 is 43.2. The fourth-order valence-electron chi connectivity index (χ4n) is 3.30. The van der Waals surface area contributed by atoms with Gasteiger partial charge in [-0.2, -0.15) is 0 Å². The van der Waals surface area contributed by atoms with Crippen LogP contribution >= 0.6 is 7.60 Å². The van der Waals surface area contributed by atoms with Crippen LogP contribution < -0.4 is 5.32 Å². The normalized spacial score (nSPS) is 15.5. The summed E-state index contributed by atoms with van der Waals surface area (Å²) in [5.41, 5.74) is -0.897. The van der Waals surface area contributed by atoms with E-state index in [9.17, 15) is 14.2 Å². The number of hydrogen-bond acceptors (Lipinski definition) is 8. The molecular weight excluding hydrogens is 501 g/mol. The van der Waals surface area contributed by atoms with Gasteiger partial charge < -0.3 is 28.3 Å². The fourth-order valence-corrected chi connectivity index (χ4v) is 8.22. The molecule has 0 fully saturated rings. The van der Waals surface area contributed by atoms with E-state index in [2.05, 4.69) is 5.32 Å². The van der Waals surface area contributed by atoms with E-state index < -0.39 is 57.0 Å². The molecule has 1 N–H and O–H groups in total. The first-order chi connectivity index (χ1) is 16.3. The molecule has 1 amide bonds. The van der Waals surface area contributed by atoms with Crippen LogP contribution in [0.2, 0.25) is 19.6 Å². The summed E-state index contributed by atoms with van der Waals surface area (Å²) >= 11 is 0. The minimum atomic E-state index is -4.02. The Hall–Kier alpha value is -1.71. The summed E-state index contributed by atoms with van der Waals surface area (Å²) in [7, 11) is -5.17. The van der Waals surface area contributed by atoms with Crippen LogP contribution in [0.3, 0.4) is 0 Å². The van der Waals surface area contributed by atoms with Crippen LogP contribution in [-0.4, -0.2) is 50.6 Å². The van der Waals surface area contributed by atoms with Crippen molar-refractivity contribution in [2.45, 2.75) is 97.8 Å². The van der Waals surface area contributed by atoms with Crippen LogP contribution in [0.1, 0.15) is 54.0 Å². The number of benzene rings is 1. The first-order valence-corrected chi connectivity index (χ1v) is 17.0. The number of amides is 1. The minimum absolute atomic E-state index is 0.0164. The van der Waals surface area contributed by atoms with Crippen molar-refractivity contribution in [1.82, 2.24) is 5.32 Å². The lowest BCUT2D eigenvalue weighted by Crippen LogP contribution is -2.52. The zero-order valence-electron chi connectivity index (χ0n) is 23.5. The molecule has 11 heteroatoms. The Kier molecular flexibility index (Phi) is 11.4. The van der Waals surface area contributed by atoms with E-state index in [4.69, 9.17) is 22.9 Å². The van der Waals surface area contributed by atoms with Crippen molar-refractivity contribution in [3.63, 3.8) is 0 Å². The van der Waals surface area contributed by atoms with E-state index >= 15 is 0 Å². The number of alkyl carbamates (subject to hydrolysis) is 1. The molecule has 0 radical (unpaired) electrons. The van der Waals surface area contributed by atoms with Gasteiger partial charge in [-0.1, -0.05) is 37.3 Å². The average Bonchev–Trinajstić information content (AvgIpc) is 2.70. The van der Waals surface area contributed by atoms with Gasteiger partial charge in [0, 0.05) is 5.92 Å². The van der Waals surface area contributed by atoms with Crippen molar-refractivity contribution in [2.75, 3.05) is 7.11 Å². The molecule has 1 rings (SSSR count). The predicted molar refractivity (Wildman–Crippen MR) is 142 cm³/mol. The number of carbonyl (C=O) groups excluding carboxylic acids is 2. The molecule has 0 saturated carbocycles. The molecule has 0 aliphatic rings. The van der Waals surface area contributed by atoms with Crippen LogP contribution in [0.15, 0.2) is 30.3 Å². The van der Waals surface area contributed by atoms with Crippen molar-refractivity contribution in [1.29, 1.82) is 0 Å². The quantitative estimate of drug-likeness (QED) is 0.202. The molecule has 1 unspecified atom stereocenters. The van der Waals surface area contributed by atoms with Crippen LogP contribution in [0.5, 0.6) is 0 Å². The minimum Gasteiger partial charge on any atom is -0.467 e. The average molecular weight is 546 g/mol. The Balaban J connectivity index is 3.37. The third kappa shape index (κ3) is 11.6. The first kappa shape index (κ1) is 32.3. The molecule has 0 aromatic heterocycles. The van der Waals surface area contributed by atoms with E-state index in [0.29, 0.717) is 0 Å². The molecular formula is C25H44NO8PSi. The molecule has 3 atom stereocenters. The summed E-state index contributed by atoms with van der Waals surface area (Å²) in [5, 5.41) is 2.57. The highest BCUT2D eigenvalue weighted by molar-refractivity contribution is 7.54. The number of carbonyl (C=O) groups is 2. The second-order valence-corrected chi connectivity index (χ2v) is 18.0. The van der Waals surface area contributed by atoms with E-state index in [1.54, 1.807) is 48.5 Å². The number of methoxy groups -OCH3 is 1. The van der Waals surface area contributed by atoms with Crippen LogP contribution in [-0.2, 0) is 38.9 Å². The monoisotopic (exact) mass is 545 g/mol. The second-order valence-electron chi connectivity index (χ2n) is 11.6. The number of ether oxygens (including phenoxy) is 2. The highest BCUT2D eigenvalue weighted by Crippen LogP contribution is 2.61. The maximum atomic E-state index is 14.4. The largest absolute Gasteiger partial charge is 0.467 e. The van der Waals surface area contributed by atoms with E-state index in [-0.39, 0.29) is 6.61 Å². The van der Waals surface area contributed by atoms with Gasteiger partial charge in [0.25, 0.3) is 0 Å². The highest BCUT2D eigenvalue weighted by Gasteiger charge is 2.51. The van der Waals surface area contributed by atoms with Crippen LogP contribution in [0, 0.1) is 5.92 Å². The lowest BCUT2D eigenvalue weighted by Gasteiger charge is -2.41. The number of rotatable bonds is 11. The molecule has 0 heterocycles. The molecule has 1 aromatic rings. The predicted octanol–water partition coefficient (Wildman–Crippen LogP) is 6.09. The van der Waals surface area contributed by atoms with Gasteiger partial charge in [0.15, 0.2) is 14.2 Å². The first-order valence-electron chi connectivity index (χ1n) is 12.0. The SMILES string of the molecule is COC(=O)[C@@H](NC(=O)OCc1ccccc1)[C@@H](C)C(O[Si](C)(C)C)P(=O)(OC(C)(C)C)OC(C)(C)C. The van der Waals surface area contributed by atoms with Crippen LogP contribution in [0.4, 0.5) is 4.79 Å². The Morgan fingerprint density at radius 2 is 1.47 bits per heavy atom. The lowest BCUT2D eigenvalue weighted by molar-refractivity contribution is -0.145. The summed E-state index contributed by atoms with van der Waals surface area (Å²) in [6.07, 6.45) is -0.823. The van der Waals surface area contributed by atoms with Crippen molar-refractivity contribution in [2.24, 2.45) is 5.92 Å². The zero-order valence-corrected chi connectivity index (χ0v) is 25.4. The second kappa shape index (κ2) is 12.7. The highest BCUT2D eigenvalue weighted by atomic mass is 31.2. The summed E-state index contributed by atoms with van der Waals surface area (Å²) in [4.78, 5) is 25.5. The molecule has 206 valence electrons. The van der Waals surface area contributed by atoms with Crippen molar-refractivity contribution in [3.05, 3.63) is 35.9 Å². The van der Waals surface area contributed by atoms with Crippen LogP contribution in [0.25, 0.3) is 0 Å². The lowest BCUT2D eigenvalue weighted by atomic mass is 10.0. The van der Waals surface area contributed by atoms with Gasteiger partial charge in [-0.25, -0.2) is 9.59 Å². The van der Waals surface area contributed by atoms with Gasteiger partial charge in [0.05, 0.1) is 18.3 Å². The standard InChI is InChI=1S/C25H44NO8PSi/c1-18(20(21(27)30-8)26-23(28)31-17-19-15-13-12-14-16-19)22(32-36(9,10)11)35(29,33-24(2,3)4)34-25(5,6)7/h12-16,18,20,22H,17H2,1-11H3,(H,26,28)/t18-,20+,22?/m1/s1. The summed E-state index contributed by atoms with van der Waals surface area (Å²) in [5.74, 6) is -2.76. The van der Waals surface area contributed by atoms with Crippen molar-refractivity contribution in [3.8, 4) is 0 Å². The van der Waals surface area contributed by atoms with E-state index in [1.165, 1.54) is 7.11 Å². The number of esters is 1. The summed E-state index contributed by atoms with van der Waals surface area (Å²) in [6.45, 7) is 18.0. The van der Waals surface area contributed by atoms with Gasteiger partial charge in [0.1, 0.15) is 12.6 Å². The molecule has 0 aliphatic carbocycles. The maximum Gasteiger partial charge on any atom is 0.408 e. The molecule has 36 heavy (non-hydrogen) atoms. The molecule has 9 nitrogen and oxygen atoms in total.